The van der Waals surface area contributed by atoms with E-state index in [4.69, 9.17) is 14.4 Å². The maximum absolute atomic E-state index is 6.88. The van der Waals surface area contributed by atoms with Crippen molar-refractivity contribution in [2.24, 2.45) is 0 Å². The second-order valence-electron chi connectivity index (χ2n) is 12.4. The molecule has 52 heavy (non-hydrogen) atoms. The van der Waals surface area contributed by atoms with Crippen LogP contribution in [0.25, 0.3) is 91.0 Å². The third-order valence-electron chi connectivity index (χ3n) is 9.16. The number of nitrogens with zero attached hydrogens (tertiary/aromatic N) is 2. The Labute approximate surface area is 333 Å². The smallest absolute Gasteiger partial charge is 0.137 e. The topological polar surface area (TPSA) is 54.7 Å². The molecule has 0 amide bonds. The molecule has 2 aliphatic rings. The molecule has 250 valence electrons. The number of hydrogen-bond acceptors (Lipinski definition) is 3. The Bertz CT molecular complexity index is 2370. The van der Waals surface area contributed by atoms with E-state index in [2.05, 4.69) is 178 Å². The van der Waals surface area contributed by atoms with E-state index in [-0.39, 0.29) is 0 Å². The first-order valence-electron chi connectivity index (χ1n) is 16.5. The van der Waals surface area contributed by atoms with Crippen molar-refractivity contribution < 1.29 is 4.42 Å². The molecule has 3 aromatic heterocycles. The van der Waals surface area contributed by atoms with Gasteiger partial charge in [0.1, 0.15) is 11.2 Å². The molecule has 0 radical (unpaired) electrons. The van der Waals surface area contributed by atoms with E-state index in [1.807, 2.05) is 36.4 Å². The number of furan rings is 1. The summed E-state index contributed by atoms with van der Waals surface area (Å²) in [6.45, 7) is 0. The molecule has 7 aromatic rings. The highest BCUT2D eigenvalue weighted by molar-refractivity contribution is 9.11. The molecule has 0 unspecified atom stereocenters. The molecular weight excluding hydrogens is 906 g/mol. The lowest BCUT2D eigenvalue weighted by Crippen LogP contribution is -1.89. The van der Waals surface area contributed by atoms with E-state index < -0.39 is 0 Å². The quantitative estimate of drug-likeness (QED) is 0.191. The van der Waals surface area contributed by atoms with Gasteiger partial charge in [0.2, 0.25) is 0 Å². The van der Waals surface area contributed by atoms with Crippen molar-refractivity contribution in [2.45, 2.75) is 0 Å². The Morgan fingerprint density at radius 2 is 0.635 bits per heavy atom. The molecule has 0 fully saturated rings. The minimum Gasteiger partial charge on any atom is -0.456 e. The van der Waals surface area contributed by atoms with Crippen molar-refractivity contribution in [3.05, 3.63) is 162 Å². The van der Waals surface area contributed by atoms with Gasteiger partial charge >= 0.3 is 0 Å². The van der Waals surface area contributed by atoms with Gasteiger partial charge in [0, 0.05) is 40.1 Å². The average Bonchev–Trinajstić information content (AvgIpc) is 3.99. The van der Waals surface area contributed by atoms with Gasteiger partial charge in [-0.25, -0.2) is 9.97 Å². The highest BCUT2D eigenvalue weighted by Crippen LogP contribution is 2.40. The van der Waals surface area contributed by atoms with Crippen LogP contribution in [-0.4, -0.2) is 15.0 Å². The fourth-order valence-electron chi connectivity index (χ4n) is 6.76. The molecule has 0 saturated carbocycles. The summed E-state index contributed by atoms with van der Waals surface area (Å²) in [4.78, 5) is 14.5. The minimum atomic E-state index is 0.713. The normalized spacial score (nSPS) is 12.1. The number of fused-ring (bicyclic) bond motifs is 8. The first-order chi connectivity index (χ1) is 25.4. The fraction of sp³-hybridized carbons (Fsp3) is 0. The van der Waals surface area contributed by atoms with Gasteiger partial charge in [-0.1, -0.05) is 112 Å². The first-order valence-corrected chi connectivity index (χ1v) is 19.7. The standard InChI is InChI=1S/C44H25Br4N3O/c45-29-9-1-25(2-10-29)41-33-17-18-34(49-33)42(26-3-11-30(46)12-4-26)36-20-22-38(51-36)44(28-7-15-32(48)16-8-28)40-24-23-39(52-40)43(37-21-19-35(41)50-37)27-5-13-31(47)14-6-27/h1-24,49H. The van der Waals surface area contributed by atoms with Crippen LogP contribution in [0.15, 0.2) is 144 Å². The van der Waals surface area contributed by atoms with Crippen LogP contribution < -0.4 is 0 Å². The summed E-state index contributed by atoms with van der Waals surface area (Å²) >= 11 is 14.5. The van der Waals surface area contributed by atoms with Crippen LogP contribution in [0.5, 0.6) is 0 Å². The van der Waals surface area contributed by atoms with Crippen LogP contribution in [0.1, 0.15) is 22.8 Å². The molecule has 8 bridgehead atoms. The maximum Gasteiger partial charge on any atom is 0.137 e. The Balaban J connectivity index is 1.47. The number of aromatic nitrogens is 3. The van der Waals surface area contributed by atoms with Gasteiger partial charge in [-0.2, -0.15) is 0 Å². The highest BCUT2D eigenvalue weighted by atomic mass is 79.9. The van der Waals surface area contributed by atoms with Crippen LogP contribution in [0.2, 0.25) is 0 Å². The first kappa shape index (κ1) is 33.3. The SMILES string of the molecule is Brc1ccc(-c2c3nc(c(-c4ccc(Br)cc4)c4ccc(o4)c(-c4ccc(Br)cc4)c4nc(c(-c5ccc(Br)cc5)c5ccc2[nH]5)C=C4)C=C3)cc1. The average molecular weight is 931 g/mol. The molecule has 8 heteroatoms. The molecule has 0 aliphatic carbocycles. The van der Waals surface area contributed by atoms with Gasteiger partial charge in [0.25, 0.3) is 0 Å². The molecule has 0 spiro atoms. The zero-order valence-electron chi connectivity index (χ0n) is 27.2. The van der Waals surface area contributed by atoms with Crippen molar-refractivity contribution in [3.8, 4) is 44.5 Å². The second-order valence-corrected chi connectivity index (χ2v) is 16.1. The van der Waals surface area contributed by atoms with E-state index in [0.29, 0.717) is 11.2 Å². The van der Waals surface area contributed by atoms with Gasteiger partial charge in [-0.15, -0.1) is 0 Å². The lowest BCUT2D eigenvalue weighted by atomic mass is 10.0. The summed E-state index contributed by atoms with van der Waals surface area (Å²) in [6.07, 6.45) is 8.35. The summed E-state index contributed by atoms with van der Waals surface area (Å²) in [5, 5.41) is 0. The van der Waals surface area contributed by atoms with Crippen LogP contribution in [0.3, 0.4) is 0 Å². The summed E-state index contributed by atoms with van der Waals surface area (Å²) in [5.41, 5.74) is 14.5. The van der Waals surface area contributed by atoms with Crippen molar-refractivity contribution >= 4 is 110 Å². The number of benzene rings is 4. The lowest BCUT2D eigenvalue weighted by Gasteiger charge is -2.07. The van der Waals surface area contributed by atoms with E-state index in [1.54, 1.807) is 0 Å². The fourth-order valence-corrected chi connectivity index (χ4v) is 7.81. The summed E-state index contributed by atoms with van der Waals surface area (Å²) in [5.74, 6) is 0. The van der Waals surface area contributed by atoms with E-state index >= 15 is 0 Å². The zero-order chi connectivity index (χ0) is 35.3. The second kappa shape index (κ2) is 13.7. The maximum atomic E-state index is 6.88. The van der Waals surface area contributed by atoms with Crippen molar-refractivity contribution in [3.63, 3.8) is 0 Å². The van der Waals surface area contributed by atoms with Crippen LogP contribution >= 0.6 is 63.7 Å². The molecule has 4 aromatic carbocycles. The molecular formula is C44H25Br4N3O. The van der Waals surface area contributed by atoms with Gasteiger partial charge in [-0.3, -0.25) is 0 Å². The Kier molecular flexibility index (Phi) is 8.79. The zero-order valence-corrected chi connectivity index (χ0v) is 33.5. The Morgan fingerprint density at radius 1 is 0.346 bits per heavy atom. The molecule has 2 aliphatic heterocycles. The van der Waals surface area contributed by atoms with Gasteiger partial charge < -0.3 is 9.40 Å². The molecule has 4 nitrogen and oxygen atoms in total. The predicted molar refractivity (Wildman–Crippen MR) is 229 cm³/mol. The number of halogens is 4. The molecule has 0 atom stereocenters. The molecule has 5 heterocycles. The van der Waals surface area contributed by atoms with Crippen LogP contribution in [-0.2, 0) is 0 Å². The molecule has 1 N–H and O–H groups in total. The molecule has 0 saturated heterocycles. The largest absolute Gasteiger partial charge is 0.456 e. The van der Waals surface area contributed by atoms with E-state index in [9.17, 15) is 0 Å². The monoisotopic (exact) mass is 927 g/mol. The predicted octanol–water partition coefficient (Wildman–Crippen LogP) is 14.6. The van der Waals surface area contributed by atoms with E-state index in [1.165, 1.54) is 0 Å². The summed E-state index contributed by atoms with van der Waals surface area (Å²) < 4.78 is 10.9. The van der Waals surface area contributed by atoms with Crippen molar-refractivity contribution in [1.29, 1.82) is 0 Å². The number of hydrogen-bond donors (Lipinski definition) is 1. The Hall–Kier alpha value is -4.60. The number of aromatic amines is 1. The third kappa shape index (κ3) is 6.28. The summed E-state index contributed by atoms with van der Waals surface area (Å²) in [6, 6.07) is 41.6. The van der Waals surface area contributed by atoms with E-state index in [0.717, 1.165) is 96.2 Å². The van der Waals surface area contributed by atoms with Gasteiger partial charge in [0.15, 0.2) is 0 Å². The van der Waals surface area contributed by atoms with Crippen molar-refractivity contribution in [2.75, 3.05) is 0 Å². The third-order valence-corrected chi connectivity index (χ3v) is 11.3. The summed E-state index contributed by atoms with van der Waals surface area (Å²) in [7, 11) is 0. The lowest BCUT2D eigenvalue weighted by molar-refractivity contribution is 0.667. The van der Waals surface area contributed by atoms with Gasteiger partial charge in [-0.05, 0) is 119 Å². The van der Waals surface area contributed by atoms with Crippen LogP contribution in [0.4, 0.5) is 0 Å². The number of rotatable bonds is 4. The van der Waals surface area contributed by atoms with Gasteiger partial charge in [0.05, 0.1) is 33.9 Å². The number of nitrogens with one attached hydrogen (secondary N) is 1. The Morgan fingerprint density at radius 3 is 0.962 bits per heavy atom. The van der Waals surface area contributed by atoms with Crippen molar-refractivity contribution in [1.82, 2.24) is 15.0 Å². The highest BCUT2D eigenvalue weighted by Gasteiger charge is 2.20. The molecule has 9 rings (SSSR count). The number of H-pyrrole nitrogens is 1. The van der Waals surface area contributed by atoms with Crippen LogP contribution in [0, 0.1) is 0 Å². The minimum absolute atomic E-state index is 0.713.